The van der Waals surface area contributed by atoms with Crippen LogP contribution in [0.25, 0.3) is 17.1 Å². The van der Waals surface area contributed by atoms with Crippen molar-refractivity contribution in [1.29, 1.82) is 0 Å². The van der Waals surface area contributed by atoms with Gasteiger partial charge in [0.2, 0.25) is 5.91 Å². The highest BCUT2D eigenvalue weighted by Crippen LogP contribution is 2.29. The standard InChI is InChI=1S/C29H25N5OS/c1-21-10-5-8-16-26(21)34-28(24-14-9-17-30-19-24)32-33-29(34)36-20-27(35)31-25-15-7-6-13-23(25)18-22-11-3-2-4-12-22/h2-17,19H,18,20H2,1H3,(H,31,35). The molecule has 2 aromatic heterocycles. The smallest absolute Gasteiger partial charge is 0.234 e. The molecule has 3 aromatic carbocycles. The van der Waals surface area contributed by atoms with Crippen LogP contribution in [0.4, 0.5) is 5.69 Å². The molecule has 2 heterocycles. The minimum absolute atomic E-state index is 0.0947. The molecule has 0 fully saturated rings. The van der Waals surface area contributed by atoms with Gasteiger partial charge in [-0.15, -0.1) is 10.2 Å². The van der Waals surface area contributed by atoms with Crippen LogP contribution in [-0.2, 0) is 11.2 Å². The second-order valence-corrected chi connectivity index (χ2v) is 9.27. The van der Waals surface area contributed by atoms with Crippen molar-refractivity contribution in [2.24, 2.45) is 0 Å². The number of rotatable bonds is 8. The van der Waals surface area contributed by atoms with Gasteiger partial charge < -0.3 is 5.32 Å². The number of benzene rings is 3. The Hall–Kier alpha value is -4.23. The highest BCUT2D eigenvalue weighted by atomic mass is 32.2. The van der Waals surface area contributed by atoms with Crippen molar-refractivity contribution in [3.63, 3.8) is 0 Å². The monoisotopic (exact) mass is 491 g/mol. The number of carbonyl (C=O) groups is 1. The number of hydrogen-bond acceptors (Lipinski definition) is 5. The zero-order valence-electron chi connectivity index (χ0n) is 19.8. The normalized spacial score (nSPS) is 10.8. The molecular formula is C29H25N5OS. The van der Waals surface area contributed by atoms with Crippen LogP contribution in [0.3, 0.4) is 0 Å². The third-order valence-electron chi connectivity index (χ3n) is 5.77. The Morgan fingerprint density at radius 2 is 1.67 bits per heavy atom. The summed E-state index contributed by atoms with van der Waals surface area (Å²) < 4.78 is 1.99. The lowest BCUT2D eigenvalue weighted by atomic mass is 10.0. The minimum atomic E-state index is -0.0947. The van der Waals surface area contributed by atoms with Crippen LogP contribution in [0.15, 0.2) is 109 Å². The van der Waals surface area contributed by atoms with E-state index >= 15 is 0 Å². The zero-order chi connectivity index (χ0) is 24.7. The van der Waals surface area contributed by atoms with Crippen LogP contribution < -0.4 is 5.32 Å². The van der Waals surface area contributed by atoms with Crippen molar-refractivity contribution in [2.75, 3.05) is 11.1 Å². The predicted octanol–water partition coefficient (Wildman–Crippen LogP) is 5.96. The first-order valence-corrected chi connectivity index (χ1v) is 12.6. The summed E-state index contributed by atoms with van der Waals surface area (Å²) in [6.45, 7) is 2.05. The number of amides is 1. The van der Waals surface area contributed by atoms with Gasteiger partial charge in [0.1, 0.15) is 0 Å². The Bertz CT molecular complexity index is 1470. The van der Waals surface area contributed by atoms with Crippen molar-refractivity contribution in [3.05, 3.63) is 120 Å². The quantitative estimate of drug-likeness (QED) is 0.271. The molecule has 1 amide bonds. The van der Waals surface area contributed by atoms with Gasteiger partial charge in [0.25, 0.3) is 0 Å². The number of para-hydroxylation sites is 2. The van der Waals surface area contributed by atoms with Crippen LogP contribution in [0.2, 0.25) is 0 Å². The van der Waals surface area contributed by atoms with Crippen LogP contribution in [0.1, 0.15) is 16.7 Å². The Balaban J connectivity index is 1.36. The van der Waals surface area contributed by atoms with Crippen LogP contribution >= 0.6 is 11.8 Å². The van der Waals surface area contributed by atoms with E-state index in [1.807, 2.05) is 90.4 Å². The van der Waals surface area contributed by atoms with E-state index in [1.165, 1.54) is 17.3 Å². The summed E-state index contributed by atoms with van der Waals surface area (Å²) in [5, 5.41) is 12.6. The molecule has 0 unspecified atom stereocenters. The van der Waals surface area contributed by atoms with E-state index < -0.39 is 0 Å². The van der Waals surface area contributed by atoms with Crippen molar-refractivity contribution >= 4 is 23.4 Å². The number of aromatic nitrogens is 4. The number of nitrogens with zero attached hydrogens (tertiary/aromatic N) is 4. The number of aryl methyl sites for hydroxylation is 1. The molecule has 6 nitrogen and oxygen atoms in total. The van der Waals surface area contributed by atoms with E-state index in [0.29, 0.717) is 11.0 Å². The van der Waals surface area contributed by atoms with E-state index in [0.717, 1.165) is 34.5 Å². The van der Waals surface area contributed by atoms with E-state index in [2.05, 4.69) is 32.6 Å². The summed E-state index contributed by atoms with van der Waals surface area (Å²) in [6.07, 6.45) is 4.25. The van der Waals surface area contributed by atoms with Gasteiger partial charge in [-0.2, -0.15) is 0 Å². The lowest BCUT2D eigenvalue weighted by Gasteiger charge is -2.13. The molecule has 36 heavy (non-hydrogen) atoms. The van der Waals surface area contributed by atoms with E-state index in [-0.39, 0.29) is 11.7 Å². The third-order valence-corrected chi connectivity index (χ3v) is 6.70. The summed E-state index contributed by atoms with van der Waals surface area (Å²) in [5.74, 6) is 0.799. The van der Waals surface area contributed by atoms with Gasteiger partial charge in [0.05, 0.1) is 11.4 Å². The fourth-order valence-corrected chi connectivity index (χ4v) is 4.75. The summed E-state index contributed by atoms with van der Waals surface area (Å²) in [6, 6.07) is 30.0. The Labute approximate surface area is 214 Å². The maximum atomic E-state index is 13.0. The van der Waals surface area contributed by atoms with Gasteiger partial charge in [-0.05, 0) is 54.3 Å². The number of pyridine rings is 1. The van der Waals surface area contributed by atoms with Gasteiger partial charge in [-0.25, -0.2) is 0 Å². The number of anilines is 1. The fraction of sp³-hybridized carbons (Fsp3) is 0.103. The molecule has 0 spiro atoms. The average Bonchev–Trinajstić information content (AvgIpc) is 3.34. The van der Waals surface area contributed by atoms with Gasteiger partial charge in [-0.1, -0.05) is 78.5 Å². The zero-order valence-corrected chi connectivity index (χ0v) is 20.7. The molecule has 0 saturated carbocycles. The molecular weight excluding hydrogens is 466 g/mol. The molecule has 178 valence electrons. The maximum absolute atomic E-state index is 13.0. The van der Waals surface area contributed by atoms with E-state index in [4.69, 9.17) is 0 Å². The summed E-state index contributed by atoms with van der Waals surface area (Å²) in [5.41, 5.74) is 6.01. The first kappa shape index (κ1) is 23.5. The van der Waals surface area contributed by atoms with E-state index in [9.17, 15) is 4.79 Å². The largest absolute Gasteiger partial charge is 0.325 e. The molecule has 0 aliphatic carbocycles. The maximum Gasteiger partial charge on any atom is 0.234 e. The molecule has 0 saturated heterocycles. The Morgan fingerprint density at radius 1 is 0.889 bits per heavy atom. The average molecular weight is 492 g/mol. The lowest BCUT2D eigenvalue weighted by molar-refractivity contribution is -0.113. The Kier molecular flexibility index (Phi) is 7.19. The molecule has 7 heteroatoms. The molecule has 5 aromatic rings. The molecule has 5 rings (SSSR count). The highest BCUT2D eigenvalue weighted by Gasteiger charge is 2.19. The summed E-state index contributed by atoms with van der Waals surface area (Å²) in [4.78, 5) is 17.2. The van der Waals surface area contributed by atoms with Crippen molar-refractivity contribution < 1.29 is 4.79 Å². The molecule has 1 N–H and O–H groups in total. The summed E-state index contributed by atoms with van der Waals surface area (Å²) >= 11 is 1.36. The van der Waals surface area contributed by atoms with Crippen molar-refractivity contribution in [2.45, 2.75) is 18.5 Å². The van der Waals surface area contributed by atoms with Gasteiger partial charge in [-0.3, -0.25) is 14.3 Å². The first-order valence-electron chi connectivity index (χ1n) is 11.7. The molecule has 0 aliphatic heterocycles. The third kappa shape index (κ3) is 5.37. The van der Waals surface area contributed by atoms with Crippen LogP contribution in [0.5, 0.6) is 0 Å². The number of thioether (sulfide) groups is 1. The van der Waals surface area contributed by atoms with Crippen LogP contribution in [0, 0.1) is 6.92 Å². The van der Waals surface area contributed by atoms with Gasteiger partial charge in [0.15, 0.2) is 11.0 Å². The Morgan fingerprint density at radius 3 is 2.47 bits per heavy atom. The molecule has 0 aliphatic rings. The first-order chi connectivity index (χ1) is 17.7. The minimum Gasteiger partial charge on any atom is -0.325 e. The summed E-state index contributed by atoms with van der Waals surface area (Å²) in [7, 11) is 0. The lowest BCUT2D eigenvalue weighted by Crippen LogP contribution is -2.16. The topological polar surface area (TPSA) is 72.7 Å². The molecule has 0 bridgehead atoms. The number of hydrogen-bond donors (Lipinski definition) is 1. The van der Waals surface area contributed by atoms with E-state index in [1.54, 1.807) is 12.4 Å². The molecule has 0 atom stereocenters. The van der Waals surface area contributed by atoms with Crippen molar-refractivity contribution in [3.8, 4) is 17.1 Å². The molecule has 0 radical (unpaired) electrons. The van der Waals surface area contributed by atoms with Crippen molar-refractivity contribution in [1.82, 2.24) is 19.7 Å². The highest BCUT2D eigenvalue weighted by molar-refractivity contribution is 7.99. The fourth-order valence-electron chi connectivity index (χ4n) is 4.01. The van der Waals surface area contributed by atoms with Gasteiger partial charge in [0, 0.05) is 23.6 Å². The van der Waals surface area contributed by atoms with Gasteiger partial charge >= 0.3 is 0 Å². The van der Waals surface area contributed by atoms with Crippen LogP contribution in [-0.4, -0.2) is 31.4 Å². The second kappa shape index (κ2) is 11.0. The predicted molar refractivity (Wildman–Crippen MR) is 144 cm³/mol. The number of carbonyl (C=O) groups excluding carboxylic acids is 1. The second-order valence-electron chi connectivity index (χ2n) is 8.33. The SMILES string of the molecule is Cc1ccccc1-n1c(SCC(=O)Nc2ccccc2Cc2ccccc2)nnc1-c1cccnc1. The number of nitrogens with one attached hydrogen (secondary N) is 1.